The van der Waals surface area contributed by atoms with Crippen molar-refractivity contribution >= 4 is 40.5 Å². The lowest BCUT2D eigenvalue weighted by atomic mass is 9.94. The highest BCUT2D eigenvalue weighted by Gasteiger charge is 2.36. The predicted octanol–water partition coefficient (Wildman–Crippen LogP) is 7.05. The summed E-state index contributed by atoms with van der Waals surface area (Å²) in [6.07, 6.45) is 0. The van der Waals surface area contributed by atoms with Crippen molar-refractivity contribution in [2.24, 2.45) is 0 Å². The molecule has 0 aliphatic carbocycles. The minimum atomic E-state index is -0.508. The van der Waals surface area contributed by atoms with Crippen molar-refractivity contribution in [2.45, 2.75) is 19.9 Å². The molecule has 1 aromatic heterocycles. The summed E-state index contributed by atoms with van der Waals surface area (Å²) in [7, 11) is 0. The van der Waals surface area contributed by atoms with Crippen molar-refractivity contribution in [1.82, 2.24) is 15.5 Å². The first-order valence-electron chi connectivity index (χ1n) is 10.6. The lowest BCUT2D eigenvalue weighted by molar-refractivity contribution is 0.244. The van der Waals surface area contributed by atoms with Crippen LogP contribution in [0.5, 0.6) is 0 Å². The van der Waals surface area contributed by atoms with Gasteiger partial charge in [-0.1, -0.05) is 76.4 Å². The summed E-state index contributed by atoms with van der Waals surface area (Å²) in [5.41, 5.74) is 4.80. The molecule has 1 aliphatic rings. The van der Waals surface area contributed by atoms with E-state index in [0.717, 1.165) is 16.7 Å². The molecule has 1 unspecified atom stereocenters. The molecule has 34 heavy (non-hydrogen) atoms. The SMILES string of the molecule is CC1=C(c2nc(-c3ccc(C)cc3)no2)C(c2ccc(Cl)cc2)NC(=O)N1c1cccc(Cl)c1. The van der Waals surface area contributed by atoms with Crippen LogP contribution in [0.15, 0.2) is 83.0 Å². The van der Waals surface area contributed by atoms with E-state index in [1.807, 2.05) is 56.3 Å². The Labute approximate surface area is 206 Å². The van der Waals surface area contributed by atoms with E-state index in [-0.39, 0.29) is 6.03 Å². The van der Waals surface area contributed by atoms with Gasteiger partial charge in [0.25, 0.3) is 5.89 Å². The lowest BCUT2D eigenvalue weighted by Crippen LogP contribution is -2.46. The van der Waals surface area contributed by atoms with Gasteiger partial charge < -0.3 is 9.84 Å². The molecule has 6 nitrogen and oxygen atoms in total. The summed E-state index contributed by atoms with van der Waals surface area (Å²) < 4.78 is 5.73. The van der Waals surface area contributed by atoms with Crippen LogP contribution in [-0.4, -0.2) is 16.2 Å². The van der Waals surface area contributed by atoms with E-state index in [2.05, 4.69) is 15.5 Å². The maximum Gasteiger partial charge on any atom is 0.326 e. The zero-order chi connectivity index (χ0) is 23.8. The van der Waals surface area contributed by atoms with E-state index in [4.69, 9.17) is 27.7 Å². The molecule has 1 N–H and O–H groups in total. The van der Waals surface area contributed by atoms with E-state index in [1.54, 1.807) is 35.2 Å². The monoisotopic (exact) mass is 490 g/mol. The van der Waals surface area contributed by atoms with Gasteiger partial charge >= 0.3 is 6.03 Å². The van der Waals surface area contributed by atoms with Gasteiger partial charge in [-0.25, -0.2) is 4.79 Å². The number of aromatic nitrogens is 2. The Balaban J connectivity index is 1.65. The summed E-state index contributed by atoms with van der Waals surface area (Å²) in [5.74, 6) is 0.788. The third-order valence-electron chi connectivity index (χ3n) is 5.72. The number of aryl methyl sites for hydroxylation is 1. The number of carbonyl (C=O) groups is 1. The van der Waals surface area contributed by atoms with Crippen molar-refractivity contribution in [3.05, 3.63) is 106 Å². The zero-order valence-corrected chi connectivity index (χ0v) is 19.9. The maximum absolute atomic E-state index is 13.2. The number of rotatable bonds is 4. The van der Waals surface area contributed by atoms with E-state index in [0.29, 0.717) is 38.7 Å². The Morgan fingerprint density at radius 1 is 0.941 bits per heavy atom. The number of allylic oxidation sites excluding steroid dienone is 1. The van der Waals surface area contributed by atoms with Gasteiger partial charge in [-0.3, -0.25) is 4.90 Å². The molecular weight excluding hydrogens is 471 g/mol. The molecule has 2 heterocycles. The second kappa shape index (κ2) is 8.97. The highest BCUT2D eigenvalue weighted by atomic mass is 35.5. The molecule has 1 atom stereocenters. The summed E-state index contributed by atoms with van der Waals surface area (Å²) in [6, 6.07) is 21.5. The fourth-order valence-corrected chi connectivity index (χ4v) is 4.31. The summed E-state index contributed by atoms with van der Waals surface area (Å²) in [4.78, 5) is 19.5. The first kappa shape index (κ1) is 22.2. The lowest BCUT2D eigenvalue weighted by Gasteiger charge is -2.35. The maximum atomic E-state index is 13.2. The second-order valence-electron chi connectivity index (χ2n) is 8.04. The van der Waals surface area contributed by atoms with E-state index in [9.17, 15) is 4.79 Å². The van der Waals surface area contributed by atoms with Gasteiger partial charge in [-0.2, -0.15) is 4.98 Å². The van der Waals surface area contributed by atoms with Crippen LogP contribution in [-0.2, 0) is 0 Å². The second-order valence-corrected chi connectivity index (χ2v) is 8.91. The van der Waals surface area contributed by atoms with Crippen LogP contribution in [0.2, 0.25) is 10.0 Å². The number of nitrogens with zero attached hydrogens (tertiary/aromatic N) is 3. The largest absolute Gasteiger partial charge is 0.334 e. The Morgan fingerprint density at radius 2 is 1.68 bits per heavy atom. The highest BCUT2D eigenvalue weighted by Crippen LogP contribution is 2.39. The normalized spacial score (nSPS) is 16.1. The highest BCUT2D eigenvalue weighted by molar-refractivity contribution is 6.31. The average molecular weight is 491 g/mol. The molecule has 0 fully saturated rings. The molecule has 1 aliphatic heterocycles. The van der Waals surface area contributed by atoms with Gasteiger partial charge in [0.15, 0.2) is 0 Å². The summed E-state index contributed by atoms with van der Waals surface area (Å²) in [5, 5.41) is 8.41. The molecule has 4 aromatic rings. The number of carbonyl (C=O) groups excluding carboxylic acids is 1. The van der Waals surface area contributed by atoms with E-state index in [1.165, 1.54) is 0 Å². The Kier molecular flexibility index (Phi) is 5.86. The van der Waals surface area contributed by atoms with Crippen molar-refractivity contribution in [3.8, 4) is 11.4 Å². The number of halogens is 2. The molecule has 0 bridgehead atoms. The number of urea groups is 1. The van der Waals surface area contributed by atoms with Crippen molar-refractivity contribution in [3.63, 3.8) is 0 Å². The van der Waals surface area contributed by atoms with Crippen LogP contribution < -0.4 is 10.2 Å². The Hall–Kier alpha value is -3.61. The molecule has 0 saturated heterocycles. The van der Waals surface area contributed by atoms with Gasteiger partial charge in [0, 0.05) is 21.3 Å². The smallest absolute Gasteiger partial charge is 0.326 e. The van der Waals surface area contributed by atoms with Crippen LogP contribution in [0.1, 0.15) is 30.0 Å². The van der Waals surface area contributed by atoms with Gasteiger partial charge in [0.1, 0.15) is 0 Å². The van der Waals surface area contributed by atoms with Crippen LogP contribution in [0.4, 0.5) is 10.5 Å². The van der Waals surface area contributed by atoms with Gasteiger partial charge in [0.2, 0.25) is 5.82 Å². The fraction of sp³-hybridized carbons (Fsp3) is 0.115. The zero-order valence-electron chi connectivity index (χ0n) is 18.4. The molecule has 2 amide bonds. The molecule has 0 spiro atoms. The van der Waals surface area contributed by atoms with Crippen molar-refractivity contribution in [2.75, 3.05) is 4.90 Å². The Morgan fingerprint density at radius 3 is 2.38 bits per heavy atom. The molecule has 170 valence electrons. The third-order valence-corrected chi connectivity index (χ3v) is 6.21. The fourth-order valence-electron chi connectivity index (χ4n) is 4.00. The van der Waals surface area contributed by atoms with Gasteiger partial charge in [-0.15, -0.1) is 0 Å². The molecule has 3 aromatic carbocycles. The molecular formula is C26H20Cl2N4O2. The number of anilines is 1. The number of benzene rings is 3. The van der Waals surface area contributed by atoms with Crippen LogP contribution >= 0.6 is 23.2 Å². The predicted molar refractivity (Wildman–Crippen MR) is 134 cm³/mol. The van der Waals surface area contributed by atoms with Crippen molar-refractivity contribution < 1.29 is 9.32 Å². The summed E-state index contributed by atoms with van der Waals surface area (Å²) in [6.45, 7) is 3.87. The van der Waals surface area contributed by atoms with E-state index < -0.39 is 6.04 Å². The molecule has 8 heteroatoms. The van der Waals surface area contributed by atoms with Crippen molar-refractivity contribution in [1.29, 1.82) is 0 Å². The topological polar surface area (TPSA) is 71.3 Å². The number of amides is 2. The molecule has 5 rings (SSSR count). The van der Waals surface area contributed by atoms with Gasteiger partial charge in [-0.05, 0) is 49.7 Å². The first-order valence-corrected chi connectivity index (χ1v) is 11.4. The standard InChI is InChI=1S/C26H20Cl2N4O2/c1-15-6-8-18(9-7-15)24-30-25(34-31-24)22-16(2)32(21-5-3-4-20(28)14-21)26(33)29-23(22)17-10-12-19(27)13-11-17/h3-14,23H,1-2H3,(H,29,33). The first-order chi connectivity index (χ1) is 16.4. The van der Waals surface area contributed by atoms with Crippen LogP contribution in [0, 0.1) is 6.92 Å². The van der Waals surface area contributed by atoms with Crippen LogP contribution in [0.25, 0.3) is 17.0 Å². The van der Waals surface area contributed by atoms with E-state index >= 15 is 0 Å². The minimum absolute atomic E-state index is 0.290. The number of hydrogen-bond acceptors (Lipinski definition) is 4. The summed E-state index contributed by atoms with van der Waals surface area (Å²) >= 11 is 12.3. The van der Waals surface area contributed by atoms with Gasteiger partial charge in [0.05, 0.1) is 17.3 Å². The molecule has 0 saturated carbocycles. The molecule has 0 radical (unpaired) electrons. The minimum Gasteiger partial charge on any atom is -0.334 e. The quantitative estimate of drug-likeness (QED) is 0.332. The average Bonchev–Trinajstić information content (AvgIpc) is 3.29. The third kappa shape index (κ3) is 4.18. The van der Waals surface area contributed by atoms with Crippen LogP contribution in [0.3, 0.4) is 0 Å². The Bertz CT molecular complexity index is 1400. The number of hydrogen-bond donors (Lipinski definition) is 1. The number of nitrogens with one attached hydrogen (secondary N) is 1.